The standard InChI is InChI=1S/C11H18N2O4S/c1-18(16,17)11-8-9(2-3-10(11)12)13(4-6-14)5-7-15/h2-3,8,14-15H,4-7,12H2,1H3. The van der Waals surface area contributed by atoms with Crippen molar-refractivity contribution in [2.45, 2.75) is 4.90 Å². The first-order chi connectivity index (χ1) is 8.40. The summed E-state index contributed by atoms with van der Waals surface area (Å²) in [6.07, 6.45) is 1.09. The summed E-state index contributed by atoms with van der Waals surface area (Å²) in [5, 5.41) is 17.9. The van der Waals surface area contributed by atoms with Crippen molar-refractivity contribution < 1.29 is 18.6 Å². The molecule has 7 heteroatoms. The molecule has 1 aromatic rings. The number of nitrogen functional groups attached to an aromatic ring is 1. The van der Waals surface area contributed by atoms with Crippen LogP contribution in [0.4, 0.5) is 11.4 Å². The van der Waals surface area contributed by atoms with Gasteiger partial charge in [-0.2, -0.15) is 0 Å². The minimum atomic E-state index is -3.40. The van der Waals surface area contributed by atoms with E-state index in [0.717, 1.165) is 6.26 Å². The first-order valence-corrected chi connectivity index (χ1v) is 7.35. The van der Waals surface area contributed by atoms with E-state index in [1.54, 1.807) is 11.0 Å². The number of nitrogens with two attached hydrogens (primary N) is 1. The normalized spacial score (nSPS) is 11.5. The second kappa shape index (κ2) is 6.03. The van der Waals surface area contributed by atoms with Crippen LogP contribution in [0.1, 0.15) is 0 Å². The lowest BCUT2D eigenvalue weighted by molar-refractivity contribution is 0.281. The molecule has 1 aromatic carbocycles. The summed E-state index contributed by atoms with van der Waals surface area (Å²) in [5.41, 5.74) is 6.42. The van der Waals surface area contributed by atoms with Crippen LogP contribution in [0, 0.1) is 0 Å². The Kier molecular flexibility index (Phi) is 4.94. The number of benzene rings is 1. The number of rotatable bonds is 6. The lowest BCUT2D eigenvalue weighted by atomic mass is 10.2. The van der Waals surface area contributed by atoms with Crippen LogP contribution in [0.3, 0.4) is 0 Å². The highest BCUT2D eigenvalue weighted by Crippen LogP contribution is 2.24. The number of anilines is 2. The zero-order chi connectivity index (χ0) is 13.8. The molecule has 0 fully saturated rings. The first kappa shape index (κ1) is 14.7. The largest absolute Gasteiger partial charge is 0.398 e. The van der Waals surface area contributed by atoms with Crippen molar-refractivity contribution >= 4 is 21.2 Å². The highest BCUT2D eigenvalue weighted by molar-refractivity contribution is 7.90. The highest BCUT2D eigenvalue weighted by atomic mass is 32.2. The third kappa shape index (κ3) is 3.59. The molecule has 6 nitrogen and oxygen atoms in total. The third-order valence-electron chi connectivity index (χ3n) is 2.50. The van der Waals surface area contributed by atoms with E-state index < -0.39 is 9.84 Å². The molecule has 0 aliphatic rings. The lowest BCUT2D eigenvalue weighted by Crippen LogP contribution is -2.29. The van der Waals surface area contributed by atoms with E-state index in [2.05, 4.69) is 0 Å². The molecule has 0 saturated heterocycles. The van der Waals surface area contributed by atoms with Crippen molar-refractivity contribution in [2.24, 2.45) is 0 Å². The zero-order valence-corrected chi connectivity index (χ0v) is 11.0. The molecule has 4 N–H and O–H groups in total. The van der Waals surface area contributed by atoms with Crippen molar-refractivity contribution in [3.63, 3.8) is 0 Å². The van der Waals surface area contributed by atoms with E-state index in [0.29, 0.717) is 18.8 Å². The smallest absolute Gasteiger partial charge is 0.177 e. The van der Waals surface area contributed by atoms with Gasteiger partial charge in [0.25, 0.3) is 0 Å². The molecule has 18 heavy (non-hydrogen) atoms. The molecule has 0 aromatic heterocycles. The fourth-order valence-corrected chi connectivity index (χ4v) is 2.48. The van der Waals surface area contributed by atoms with Crippen LogP contribution in [0.15, 0.2) is 23.1 Å². The van der Waals surface area contributed by atoms with Gasteiger partial charge in [0.05, 0.1) is 23.8 Å². The maximum absolute atomic E-state index is 11.5. The second-order valence-corrected chi connectivity index (χ2v) is 5.91. The maximum Gasteiger partial charge on any atom is 0.177 e. The summed E-state index contributed by atoms with van der Waals surface area (Å²) in [6.45, 7) is 0.457. The molecule has 0 amide bonds. The van der Waals surface area contributed by atoms with Gasteiger partial charge >= 0.3 is 0 Å². The van der Waals surface area contributed by atoms with Gasteiger partial charge in [0.1, 0.15) is 0 Å². The number of hydrogen-bond donors (Lipinski definition) is 3. The second-order valence-electron chi connectivity index (χ2n) is 3.93. The molecular formula is C11H18N2O4S. The van der Waals surface area contributed by atoms with Crippen LogP contribution >= 0.6 is 0 Å². The van der Waals surface area contributed by atoms with Crippen molar-refractivity contribution in [3.05, 3.63) is 18.2 Å². The summed E-state index contributed by atoms with van der Waals surface area (Å²) < 4.78 is 23.1. The Hall–Kier alpha value is -1.31. The van der Waals surface area contributed by atoms with Gasteiger partial charge in [0.15, 0.2) is 9.84 Å². The van der Waals surface area contributed by atoms with Crippen LogP contribution < -0.4 is 10.6 Å². The first-order valence-electron chi connectivity index (χ1n) is 5.46. The Labute approximate surface area is 107 Å². The fourth-order valence-electron chi connectivity index (χ4n) is 1.65. The monoisotopic (exact) mass is 274 g/mol. The van der Waals surface area contributed by atoms with Gasteiger partial charge in [-0.3, -0.25) is 0 Å². The van der Waals surface area contributed by atoms with Crippen molar-refractivity contribution in [1.29, 1.82) is 0 Å². The molecule has 0 aliphatic carbocycles. The molecule has 0 heterocycles. The van der Waals surface area contributed by atoms with Crippen LogP contribution in [0.2, 0.25) is 0 Å². The molecule has 0 spiro atoms. The molecule has 0 atom stereocenters. The van der Waals surface area contributed by atoms with Crippen LogP contribution in [-0.2, 0) is 9.84 Å². The van der Waals surface area contributed by atoms with Gasteiger partial charge < -0.3 is 20.8 Å². The average Bonchev–Trinajstić information content (AvgIpc) is 2.28. The molecule has 0 unspecified atom stereocenters. The van der Waals surface area contributed by atoms with Crippen molar-refractivity contribution in [3.8, 4) is 0 Å². The van der Waals surface area contributed by atoms with E-state index in [1.165, 1.54) is 12.1 Å². The van der Waals surface area contributed by atoms with Gasteiger partial charge in [-0.05, 0) is 18.2 Å². The lowest BCUT2D eigenvalue weighted by Gasteiger charge is -2.23. The van der Waals surface area contributed by atoms with Gasteiger partial charge in [-0.15, -0.1) is 0 Å². The molecule has 0 bridgehead atoms. The van der Waals surface area contributed by atoms with E-state index in [1.807, 2.05) is 0 Å². The van der Waals surface area contributed by atoms with Gasteiger partial charge in [0.2, 0.25) is 0 Å². The van der Waals surface area contributed by atoms with Gasteiger partial charge in [-0.1, -0.05) is 0 Å². The average molecular weight is 274 g/mol. The zero-order valence-electron chi connectivity index (χ0n) is 10.2. The van der Waals surface area contributed by atoms with Gasteiger partial charge in [-0.25, -0.2) is 8.42 Å². The summed E-state index contributed by atoms with van der Waals surface area (Å²) in [4.78, 5) is 1.74. The van der Waals surface area contributed by atoms with Crippen LogP contribution in [-0.4, -0.2) is 51.2 Å². The van der Waals surface area contributed by atoms with E-state index in [4.69, 9.17) is 15.9 Å². The number of nitrogens with zero attached hydrogens (tertiary/aromatic N) is 1. The fraction of sp³-hybridized carbons (Fsp3) is 0.455. The quantitative estimate of drug-likeness (QED) is 0.602. The van der Waals surface area contributed by atoms with Crippen LogP contribution in [0.25, 0.3) is 0 Å². The Balaban J connectivity index is 3.17. The molecule has 102 valence electrons. The minimum absolute atomic E-state index is 0.0564. The van der Waals surface area contributed by atoms with Crippen molar-refractivity contribution in [1.82, 2.24) is 0 Å². The third-order valence-corrected chi connectivity index (χ3v) is 3.65. The molecular weight excluding hydrogens is 256 g/mol. The summed E-state index contributed by atoms with van der Waals surface area (Å²) in [6, 6.07) is 4.62. The Morgan fingerprint density at radius 1 is 1.22 bits per heavy atom. The maximum atomic E-state index is 11.5. The van der Waals surface area contributed by atoms with Gasteiger partial charge in [0, 0.05) is 25.0 Å². The Morgan fingerprint density at radius 2 is 1.78 bits per heavy atom. The summed E-state index contributed by atoms with van der Waals surface area (Å²) >= 11 is 0. The van der Waals surface area contributed by atoms with Crippen molar-refractivity contribution in [2.75, 3.05) is 43.2 Å². The predicted molar refractivity (Wildman–Crippen MR) is 70.3 cm³/mol. The summed E-state index contributed by atoms with van der Waals surface area (Å²) in [5.74, 6) is 0. The van der Waals surface area contributed by atoms with E-state index >= 15 is 0 Å². The Bertz CT molecular complexity index is 496. The molecule has 0 radical (unpaired) electrons. The number of hydrogen-bond acceptors (Lipinski definition) is 6. The van der Waals surface area contributed by atoms with E-state index in [9.17, 15) is 8.42 Å². The van der Waals surface area contributed by atoms with Crippen LogP contribution in [0.5, 0.6) is 0 Å². The predicted octanol–water partition coefficient (Wildman–Crippen LogP) is -0.537. The minimum Gasteiger partial charge on any atom is -0.398 e. The topological polar surface area (TPSA) is 104 Å². The number of sulfone groups is 1. The number of aliphatic hydroxyl groups excluding tert-OH is 2. The molecule has 1 rings (SSSR count). The van der Waals surface area contributed by atoms with E-state index in [-0.39, 0.29) is 23.8 Å². The number of aliphatic hydroxyl groups is 2. The highest BCUT2D eigenvalue weighted by Gasteiger charge is 2.14. The SMILES string of the molecule is CS(=O)(=O)c1cc(N(CCO)CCO)ccc1N. The summed E-state index contributed by atoms with van der Waals surface area (Å²) in [7, 11) is -3.40. The Morgan fingerprint density at radius 3 is 2.22 bits per heavy atom. The molecule has 0 saturated carbocycles. The molecule has 0 aliphatic heterocycles.